The zero-order valence-electron chi connectivity index (χ0n) is 18.0. The molecule has 0 unspecified atom stereocenters. The molecule has 3 aromatic carbocycles. The van der Waals surface area contributed by atoms with E-state index < -0.39 is 0 Å². The predicted octanol–water partition coefficient (Wildman–Crippen LogP) is 4.58. The number of nitrogens with zero attached hydrogens (tertiary/aromatic N) is 6. The van der Waals surface area contributed by atoms with E-state index in [0.29, 0.717) is 0 Å². The van der Waals surface area contributed by atoms with Gasteiger partial charge in [0, 0.05) is 42.8 Å². The van der Waals surface area contributed by atoms with Crippen LogP contribution in [0.25, 0.3) is 27.8 Å². The number of aromatic nitrogens is 4. The van der Waals surface area contributed by atoms with Crippen LogP contribution in [0.1, 0.15) is 5.56 Å². The van der Waals surface area contributed by atoms with Crippen LogP contribution in [0.3, 0.4) is 0 Å². The van der Waals surface area contributed by atoms with Gasteiger partial charge in [-0.1, -0.05) is 65.9 Å². The second kappa shape index (κ2) is 7.64. The predicted molar refractivity (Wildman–Crippen MR) is 129 cm³/mol. The van der Waals surface area contributed by atoms with Gasteiger partial charge in [-0.05, 0) is 30.7 Å². The Morgan fingerprint density at radius 1 is 0.719 bits per heavy atom. The van der Waals surface area contributed by atoms with Crippen LogP contribution in [-0.4, -0.2) is 46.0 Å². The van der Waals surface area contributed by atoms with Crippen molar-refractivity contribution in [3.63, 3.8) is 0 Å². The fourth-order valence-electron chi connectivity index (χ4n) is 4.65. The molecule has 0 aliphatic carbocycles. The summed E-state index contributed by atoms with van der Waals surface area (Å²) in [5.74, 6) is 1.01. The molecule has 1 fully saturated rings. The first-order valence-corrected chi connectivity index (χ1v) is 11.0. The molecule has 6 nitrogen and oxygen atoms in total. The third kappa shape index (κ3) is 3.07. The molecule has 6 rings (SSSR count). The molecular formula is C26H24N6. The highest BCUT2D eigenvalue weighted by atomic mass is 15.4. The second-order valence-electron chi connectivity index (χ2n) is 8.25. The van der Waals surface area contributed by atoms with Gasteiger partial charge in [0.25, 0.3) is 0 Å². The van der Waals surface area contributed by atoms with Gasteiger partial charge in [0.05, 0.1) is 5.52 Å². The number of rotatable bonds is 3. The zero-order valence-corrected chi connectivity index (χ0v) is 18.0. The average molecular weight is 421 g/mol. The first kappa shape index (κ1) is 18.8. The number of aryl methyl sites for hydroxylation is 1. The van der Waals surface area contributed by atoms with Crippen LogP contribution in [-0.2, 0) is 0 Å². The molecule has 5 aromatic rings. The Kier molecular flexibility index (Phi) is 4.49. The molecule has 0 amide bonds. The van der Waals surface area contributed by atoms with E-state index in [0.717, 1.165) is 59.8 Å². The van der Waals surface area contributed by atoms with Crippen LogP contribution < -0.4 is 9.80 Å². The lowest BCUT2D eigenvalue weighted by Crippen LogP contribution is -2.47. The number of piperazine rings is 1. The summed E-state index contributed by atoms with van der Waals surface area (Å²) in [6.07, 6.45) is 0. The largest absolute Gasteiger partial charge is 0.368 e. The lowest BCUT2D eigenvalue weighted by molar-refractivity contribution is 0.648. The van der Waals surface area contributed by atoms with Crippen molar-refractivity contribution in [2.45, 2.75) is 6.92 Å². The van der Waals surface area contributed by atoms with Crippen LogP contribution >= 0.6 is 0 Å². The monoisotopic (exact) mass is 420 g/mol. The minimum absolute atomic E-state index is 0.797. The second-order valence-corrected chi connectivity index (χ2v) is 8.25. The van der Waals surface area contributed by atoms with Crippen molar-refractivity contribution in [3.05, 3.63) is 84.4 Å². The maximum absolute atomic E-state index is 5.12. The summed E-state index contributed by atoms with van der Waals surface area (Å²) in [7, 11) is 0. The molecule has 1 saturated heterocycles. The number of anilines is 2. The van der Waals surface area contributed by atoms with Crippen molar-refractivity contribution >= 4 is 28.1 Å². The van der Waals surface area contributed by atoms with Gasteiger partial charge in [0.15, 0.2) is 5.65 Å². The van der Waals surface area contributed by atoms with Crippen molar-refractivity contribution in [1.29, 1.82) is 0 Å². The number of benzene rings is 3. The van der Waals surface area contributed by atoms with Gasteiger partial charge in [-0.25, -0.2) is 4.98 Å². The van der Waals surface area contributed by atoms with E-state index in [1.54, 1.807) is 0 Å². The standard InChI is InChI=1S/C26H24N6/c1-19-9-5-7-13-22(19)30-15-17-31(18-16-30)25-21-12-6-8-14-23(21)32-26(27-25)24(28-29-32)20-10-3-2-4-11-20/h2-14H,15-18H2,1H3. The highest BCUT2D eigenvalue weighted by Gasteiger charge is 2.23. The lowest BCUT2D eigenvalue weighted by atomic mass is 10.1. The molecule has 0 atom stereocenters. The maximum Gasteiger partial charge on any atom is 0.186 e. The topological polar surface area (TPSA) is 49.6 Å². The molecule has 2 aromatic heterocycles. The van der Waals surface area contributed by atoms with E-state index >= 15 is 0 Å². The molecular weight excluding hydrogens is 396 g/mol. The fraction of sp³-hybridized carbons (Fsp3) is 0.192. The van der Waals surface area contributed by atoms with Gasteiger partial charge in [-0.15, -0.1) is 5.10 Å². The molecule has 32 heavy (non-hydrogen) atoms. The molecule has 6 heteroatoms. The Morgan fingerprint density at radius 3 is 2.22 bits per heavy atom. The van der Waals surface area contributed by atoms with E-state index in [4.69, 9.17) is 4.98 Å². The highest BCUT2D eigenvalue weighted by molar-refractivity contribution is 5.93. The summed E-state index contributed by atoms with van der Waals surface area (Å²) in [5.41, 5.74) is 6.32. The SMILES string of the molecule is Cc1ccccc1N1CCN(c2nc3c(-c4ccccc4)nnn3c3ccccc23)CC1. The van der Waals surface area contributed by atoms with Crippen LogP contribution in [0.2, 0.25) is 0 Å². The molecule has 0 bridgehead atoms. The summed E-state index contributed by atoms with van der Waals surface area (Å²) in [5, 5.41) is 10.0. The zero-order chi connectivity index (χ0) is 21.5. The molecule has 1 aliphatic heterocycles. The van der Waals surface area contributed by atoms with Crippen LogP contribution in [0.4, 0.5) is 11.5 Å². The van der Waals surface area contributed by atoms with Crippen molar-refractivity contribution in [2.75, 3.05) is 36.0 Å². The van der Waals surface area contributed by atoms with Gasteiger partial charge in [-0.3, -0.25) is 0 Å². The van der Waals surface area contributed by atoms with Gasteiger partial charge in [-0.2, -0.15) is 4.52 Å². The quantitative estimate of drug-likeness (QED) is 0.428. The van der Waals surface area contributed by atoms with Crippen molar-refractivity contribution in [2.24, 2.45) is 0 Å². The third-order valence-corrected chi connectivity index (χ3v) is 6.31. The number of para-hydroxylation sites is 2. The Bertz CT molecular complexity index is 1400. The summed E-state index contributed by atoms with van der Waals surface area (Å²) >= 11 is 0. The van der Waals surface area contributed by atoms with E-state index in [-0.39, 0.29) is 0 Å². The molecule has 1 aliphatic rings. The third-order valence-electron chi connectivity index (χ3n) is 6.31. The van der Waals surface area contributed by atoms with Crippen LogP contribution in [0, 0.1) is 6.92 Å². The molecule has 0 radical (unpaired) electrons. The summed E-state index contributed by atoms with van der Waals surface area (Å²) in [6, 6.07) is 27.1. The first-order chi connectivity index (χ1) is 15.8. The van der Waals surface area contributed by atoms with E-state index in [2.05, 4.69) is 81.6 Å². The fourth-order valence-corrected chi connectivity index (χ4v) is 4.65. The van der Waals surface area contributed by atoms with E-state index in [9.17, 15) is 0 Å². The van der Waals surface area contributed by atoms with Gasteiger partial charge < -0.3 is 9.80 Å². The summed E-state index contributed by atoms with van der Waals surface area (Å²) < 4.78 is 1.87. The van der Waals surface area contributed by atoms with Crippen molar-refractivity contribution in [1.82, 2.24) is 19.8 Å². The smallest absolute Gasteiger partial charge is 0.186 e. The summed E-state index contributed by atoms with van der Waals surface area (Å²) in [6.45, 7) is 5.96. The first-order valence-electron chi connectivity index (χ1n) is 11.0. The van der Waals surface area contributed by atoms with Crippen LogP contribution in [0.15, 0.2) is 78.9 Å². The van der Waals surface area contributed by atoms with E-state index in [1.165, 1.54) is 11.3 Å². The molecule has 3 heterocycles. The lowest BCUT2D eigenvalue weighted by Gasteiger charge is -2.37. The number of fused-ring (bicyclic) bond motifs is 3. The van der Waals surface area contributed by atoms with Crippen LogP contribution in [0.5, 0.6) is 0 Å². The van der Waals surface area contributed by atoms with Gasteiger partial charge in [0.2, 0.25) is 0 Å². The minimum Gasteiger partial charge on any atom is -0.368 e. The molecule has 0 spiro atoms. The van der Waals surface area contributed by atoms with Gasteiger partial charge >= 0.3 is 0 Å². The minimum atomic E-state index is 0.797. The Morgan fingerprint density at radius 2 is 1.41 bits per heavy atom. The van der Waals surface area contributed by atoms with E-state index in [1.807, 2.05) is 28.8 Å². The molecule has 158 valence electrons. The Hall–Kier alpha value is -3.93. The average Bonchev–Trinajstić information content (AvgIpc) is 3.29. The summed E-state index contributed by atoms with van der Waals surface area (Å²) in [4.78, 5) is 10.0. The Labute approximate surface area is 186 Å². The molecule has 0 N–H and O–H groups in total. The number of hydrogen-bond acceptors (Lipinski definition) is 5. The highest BCUT2D eigenvalue weighted by Crippen LogP contribution is 2.31. The number of hydrogen-bond donors (Lipinski definition) is 0. The molecule has 0 saturated carbocycles. The van der Waals surface area contributed by atoms with Crippen molar-refractivity contribution < 1.29 is 0 Å². The van der Waals surface area contributed by atoms with Gasteiger partial charge in [0.1, 0.15) is 11.5 Å². The maximum atomic E-state index is 5.12. The van der Waals surface area contributed by atoms with Crippen molar-refractivity contribution in [3.8, 4) is 11.3 Å². The Balaban J connectivity index is 1.41. The normalized spacial score (nSPS) is 14.4.